The Morgan fingerprint density at radius 2 is 0.960 bits per heavy atom. The molecule has 5 aliphatic rings. The van der Waals surface area contributed by atoms with Crippen molar-refractivity contribution in [2.24, 2.45) is 47.3 Å². The van der Waals surface area contributed by atoms with Gasteiger partial charge >= 0.3 is 11.9 Å². The van der Waals surface area contributed by atoms with E-state index in [-0.39, 0.29) is 112 Å². The van der Waals surface area contributed by atoms with Crippen LogP contribution in [0.2, 0.25) is 0 Å². The van der Waals surface area contributed by atoms with E-state index >= 15 is 0 Å². The van der Waals surface area contributed by atoms with Crippen molar-refractivity contribution in [1.82, 2.24) is 0 Å². The topological polar surface area (TPSA) is 288 Å². The molecule has 576 valence electrons. The summed E-state index contributed by atoms with van der Waals surface area (Å²) in [5, 5.41) is 94.0. The SMILES string of the molecule is CO[C@H]1C[C@H](CC[C@H](C)C[C@H](C)[C@@H](O)[C@@H](C)[C@H]2C[C@H](O)[C@@H](C)[C@@H](OC)C[C@@H]3CC=C[C@@H](C[C@@H](O)C/C=C(C)/C=C/C(=O)O[C@H](C[C@@H](O)[C@H](C)[C@H](O)[C@@H](C)[C@@H](O)[C@@H](C)CC[C@H]4C[C@H](OC)C[C@H](C)O4)C[C@H](O)[C@H](C)[C@@H](OC)C[C@@H]4CC=C[C@@H](C[C@@H](O)C/C=C(C)\C=C\C(=O)O2)O4)O3)O[C@@H](C)C1. The summed E-state index contributed by atoms with van der Waals surface area (Å²) in [6, 6.07) is 0. The molecule has 4 bridgehead atoms. The second kappa shape index (κ2) is 44.6. The normalized spacial score (nSPS) is 38.3. The zero-order chi connectivity index (χ0) is 73.9. The number of aliphatic hydroxyl groups excluding tert-OH is 8. The fourth-order valence-corrected chi connectivity index (χ4v) is 15.7. The highest BCUT2D eigenvalue weighted by atomic mass is 16.6. The van der Waals surface area contributed by atoms with Crippen LogP contribution in [-0.2, 0) is 57.0 Å². The molecule has 5 rings (SSSR count). The van der Waals surface area contributed by atoms with Crippen molar-refractivity contribution in [3.8, 4) is 0 Å². The molecule has 8 N–H and O–H groups in total. The molecule has 20 nitrogen and oxygen atoms in total. The minimum atomic E-state index is -1.21. The highest BCUT2D eigenvalue weighted by Gasteiger charge is 2.40. The average Bonchev–Trinajstić information content (AvgIpc) is 0.863. The molecule has 0 amide bonds. The Balaban J connectivity index is 1.32. The largest absolute Gasteiger partial charge is 0.459 e. The molecular formula is C80H136O20. The number of aliphatic hydroxyl groups is 8. The van der Waals surface area contributed by atoms with Gasteiger partial charge in [-0.15, -0.1) is 0 Å². The van der Waals surface area contributed by atoms with E-state index in [1.54, 1.807) is 61.4 Å². The van der Waals surface area contributed by atoms with Gasteiger partial charge in [-0.25, -0.2) is 9.59 Å². The Morgan fingerprint density at radius 1 is 0.490 bits per heavy atom. The Morgan fingerprint density at radius 3 is 1.44 bits per heavy atom. The van der Waals surface area contributed by atoms with E-state index in [4.69, 9.17) is 47.4 Å². The number of cyclic esters (lactones) is 2. The van der Waals surface area contributed by atoms with Gasteiger partial charge in [-0.3, -0.25) is 0 Å². The van der Waals surface area contributed by atoms with E-state index in [2.05, 4.69) is 13.8 Å². The van der Waals surface area contributed by atoms with Crippen molar-refractivity contribution >= 4 is 11.9 Å². The molecule has 100 heavy (non-hydrogen) atoms. The van der Waals surface area contributed by atoms with Crippen molar-refractivity contribution in [1.29, 1.82) is 0 Å². The summed E-state index contributed by atoms with van der Waals surface area (Å²) in [6.45, 7) is 23.0. The van der Waals surface area contributed by atoms with Gasteiger partial charge in [-0.2, -0.15) is 0 Å². The number of carbonyl (C=O) groups excluding carboxylic acids is 2. The van der Waals surface area contributed by atoms with Gasteiger partial charge in [-0.1, -0.05) is 115 Å². The minimum absolute atomic E-state index is 0.0000231. The second-order valence-corrected chi connectivity index (χ2v) is 31.2. The lowest BCUT2D eigenvalue weighted by Gasteiger charge is -2.36. The van der Waals surface area contributed by atoms with Gasteiger partial charge in [0.25, 0.3) is 0 Å². The molecule has 0 aliphatic carbocycles. The minimum Gasteiger partial charge on any atom is -0.459 e. The van der Waals surface area contributed by atoms with Crippen LogP contribution in [-0.4, -0.2) is 216 Å². The van der Waals surface area contributed by atoms with Crippen molar-refractivity contribution in [2.45, 2.75) is 346 Å². The summed E-state index contributed by atoms with van der Waals surface area (Å²) < 4.78 is 61.2. The first-order valence-electron chi connectivity index (χ1n) is 38.0. The Kier molecular flexibility index (Phi) is 39.0. The van der Waals surface area contributed by atoms with Crippen LogP contribution in [0.1, 0.15) is 212 Å². The molecule has 0 saturated carbocycles. The van der Waals surface area contributed by atoms with Crippen molar-refractivity contribution in [3.63, 3.8) is 0 Å². The highest BCUT2D eigenvalue weighted by Crippen LogP contribution is 2.36. The molecular weight excluding hydrogens is 1280 g/mol. The van der Waals surface area contributed by atoms with Crippen LogP contribution < -0.4 is 0 Å². The van der Waals surface area contributed by atoms with Crippen LogP contribution in [0.15, 0.2) is 71.9 Å². The number of hydrogen-bond donors (Lipinski definition) is 8. The molecule has 2 saturated heterocycles. The molecule has 0 aromatic heterocycles. The van der Waals surface area contributed by atoms with Crippen molar-refractivity contribution < 1.29 is 97.8 Å². The van der Waals surface area contributed by atoms with Gasteiger partial charge < -0.3 is 88.2 Å². The predicted molar refractivity (Wildman–Crippen MR) is 387 cm³/mol. The third-order valence-corrected chi connectivity index (χ3v) is 22.6. The maximum Gasteiger partial charge on any atom is 0.331 e. The number of esters is 2. The van der Waals surface area contributed by atoms with Crippen LogP contribution in [0.3, 0.4) is 0 Å². The van der Waals surface area contributed by atoms with Crippen LogP contribution in [0.25, 0.3) is 0 Å². The zero-order valence-corrected chi connectivity index (χ0v) is 63.7. The van der Waals surface area contributed by atoms with E-state index in [1.807, 2.05) is 84.9 Å². The van der Waals surface area contributed by atoms with E-state index < -0.39 is 127 Å². The number of methoxy groups -OCH3 is 4. The molecule has 0 spiro atoms. The summed E-state index contributed by atoms with van der Waals surface area (Å²) in [5.74, 6) is -4.33. The van der Waals surface area contributed by atoms with E-state index in [1.165, 1.54) is 12.2 Å². The predicted octanol–water partition coefficient (Wildman–Crippen LogP) is 10.9. The molecule has 2 fully saturated rings. The van der Waals surface area contributed by atoms with Gasteiger partial charge in [0, 0.05) is 115 Å². The van der Waals surface area contributed by atoms with Crippen molar-refractivity contribution in [2.75, 3.05) is 28.4 Å². The zero-order valence-electron chi connectivity index (χ0n) is 63.7. The lowest BCUT2D eigenvalue weighted by molar-refractivity contribution is -0.152. The van der Waals surface area contributed by atoms with Crippen molar-refractivity contribution in [3.05, 3.63) is 71.9 Å². The summed E-state index contributed by atoms with van der Waals surface area (Å²) in [7, 11) is 6.63. The Labute approximate surface area is 600 Å². The average molecular weight is 1420 g/mol. The number of allylic oxidation sites excluding steroid dienone is 4. The number of hydrogen-bond acceptors (Lipinski definition) is 20. The quantitative estimate of drug-likeness (QED) is 0.0369. The molecule has 0 aromatic carbocycles. The van der Waals surface area contributed by atoms with Gasteiger partial charge in [0.1, 0.15) is 12.2 Å². The first kappa shape index (κ1) is 87.4. The molecule has 30 atom stereocenters. The number of rotatable bonds is 22. The second-order valence-electron chi connectivity index (χ2n) is 31.2. The first-order valence-corrected chi connectivity index (χ1v) is 38.0. The smallest absolute Gasteiger partial charge is 0.331 e. The highest BCUT2D eigenvalue weighted by molar-refractivity contribution is 5.83. The van der Waals surface area contributed by atoms with Crippen LogP contribution in [0, 0.1) is 47.3 Å². The number of fused-ring (bicyclic) bond motifs is 4. The molecule has 0 radical (unpaired) electrons. The van der Waals surface area contributed by atoms with Crippen LogP contribution in [0.5, 0.6) is 0 Å². The third kappa shape index (κ3) is 29.9. The maximum absolute atomic E-state index is 13.9. The summed E-state index contributed by atoms with van der Waals surface area (Å²) in [5.41, 5.74) is 1.39. The van der Waals surface area contributed by atoms with E-state index in [9.17, 15) is 50.4 Å². The Bertz CT molecular complexity index is 2520. The molecule has 0 unspecified atom stereocenters. The lowest BCUT2D eigenvalue weighted by atomic mass is 9.79. The van der Waals surface area contributed by atoms with Gasteiger partial charge in [-0.05, 0) is 129 Å². The third-order valence-electron chi connectivity index (χ3n) is 22.6. The Hall–Kier alpha value is -3.26. The summed E-state index contributed by atoms with van der Waals surface area (Å²) in [4.78, 5) is 27.7. The fraction of sp³-hybridized carbons (Fsp3) is 0.825. The van der Waals surface area contributed by atoms with Gasteiger partial charge in [0.15, 0.2) is 0 Å². The van der Waals surface area contributed by atoms with E-state index in [0.29, 0.717) is 43.3 Å². The maximum atomic E-state index is 13.9. The van der Waals surface area contributed by atoms with Gasteiger partial charge in [0.2, 0.25) is 0 Å². The molecule has 20 heteroatoms. The van der Waals surface area contributed by atoms with Gasteiger partial charge in [0.05, 0.1) is 122 Å². The monoisotopic (exact) mass is 1420 g/mol. The number of ether oxygens (including phenoxy) is 10. The van der Waals surface area contributed by atoms with Crippen LogP contribution in [0.4, 0.5) is 0 Å². The fourth-order valence-electron chi connectivity index (χ4n) is 15.7. The number of carbonyl (C=O) groups is 2. The summed E-state index contributed by atoms with van der Waals surface area (Å²) in [6.07, 6.45) is 16.0. The molecule has 5 heterocycles. The molecule has 5 aliphatic heterocycles. The van der Waals surface area contributed by atoms with E-state index in [0.717, 1.165) is 51.4 Å². The summed E-state index contributed by atoms with van der Waals surface area (Å²) >= 11 is 0. The van der Waals surface area contributed by atoms with Crippen LogP contribution >= 0.6 is 0 Å². The molecule has 0 aromatic rings. The first-order chi connectivity index (χ1) is 47.4. The standard InChI is InChI=1S/C80H136O20/c1-47-23-29-59(81)38-62-20-18-22-64(98-62)45-74(94-16)55(9)72(85)46-75(57(11)79(89)51(5)35-49(3)25-31-65-40-67(91-13)36-52(6)95-65)100-77(87)34-27-48(2)24-30-60(82)39-61-19-17-21-63(97-61)44-73(93-15)54(8)70(83)42-69(99-76(86)33-26-47)43-71(84)56(10)80(90)58(12)78(88)50(4)28-32-66-41-68(92-14)37-53(7)96-66/h17-20,23-24,26-27,33-34,49-75,78-85,88-90H,21-22,25,28-32,35-46H2,1-16H3/b33-26+,34-27+,47-23+,48-24-/t49-,50-,51-,52-,53-,54-,55+,56-,57-,58-,59-,60-,61-,62-,63-,64-,65-,66-,67+,68+,69-,70-,71+,72-,73-,74-,75+,78-,79+,80-/m0/s1. The lowest BCUT2D eigenvalue weighted by Crippen LogP contribution is -2.43.